The number of benzene rings is 1. The standard InChI is InChI=1S/C21H22N6O/c28-21(27-12-10-26(11-13-27)18-7-2-1-3-8-18)19-14-20(25-16-24-19)23-15-17-6-4-5-9-22-17/h1-9,14,16H,10-13,15H2,(H,23,24,25). The Morgan fingerprint density at radius 1 is 0.929 bits per heavy atom. The minimum Gasteiger partial charge on any atom is -0.368 e. The number of rotatable bonds is 5. The van der Waals surface area contributed by atoms with Gasteiger partial charge >= 0.3 is 0 Å². The van der Waals surface area contributed by atoms with Gasteiger partial charge in [-0.2, -0.15) is 0 Å². The van der Waals surface area contributed by atoms with Gasteiger partial charge in [0.05, 0.1) is 12.2 Å². The number of hydrogen-bond donors (Lipinski definition) is 1. The van der Waals surface area contributed by atoms with Crippen LogP contribution in [-0.4, -0.2) is 51.9 Å². The Bertz CT molecular complexity index is 910. The Labute approximate surface area is 164 Å². The van der Waals surface area contributed by atoms with Crippen LogP contribution in [0.1, 0.15) is 16.2 Å². The second kappa shape index (κ2) is 8.47. The van der Waals surface area contributed by atoms with Gasteiger partial charge in [-0.3, -0.25) is 9.78 Å². The third kappa shape index (κ3) is 4.25. The summed E-state index contributed by atoms with van der Waals surface area (Å²) < 4.78 is 0. The van der Waals surface area contributed by atoms with Gasteiger partial charge in [-0.25, -0.2) is 9.97 Å². The smallest absolute Gasteiger partial charge is 0.272 e. The molecule has 0 radical (unpaired) electrons. The Kier molecular flexibility index (Phi) is 5.42. The molecule has 1 amide bonds. The molecule has 3 heterocycles. The van der Waals surface area contributed by atoms with Crippen molar-refractivity contribution in [3.8, 4) is 0 Å². The van der Waals surface area contributed by atoms with Crippen LogP contribution in [0.15, 0.2) is 67.1 Å². The maximum Gasteiger partial charge on any atom is 0.272 e. The lowest BCUT2D eigenvalue weighted by molar-refractivity contribution is 0.0740. The highest BCUT2D eigenvalue weighted by atomic mass is 16.2. The summed E-state index contributed by atoms with van der Waals surface area (Å²) in [6.45, 7) is 3.52. The van der Waals surface area contributed by atoms with E-state index in [1.165, 1.54) is 12.0 Å². The van der Waals surface area contributed by atoms with E-state index in [9.17, 15) is 4.79 Å². The summed E-state index contributed by atoms with van der Waals surface area (Å²) in [4.78, 5) is 29.6. The minimum atomic E-state index is -0.0593. The van der Waals surface area contributed by atoms with E-state index < -0.39 is 0 Å². The number of aromatic nitrogens is 3. The van der Waals surface area contributed by atoms with E-state index in [0.717, 1.165) is 18.8 Å². The topological polar surface area (TPSA) is 74.2 Å². The van der Waals surface area contributed by atoms with Crippen molar-refractivity contribution in [2.75, 3.05) is 36.4 Å². The Morgan fingerprint density at radius 2 is 1.71 bits per heavy atom. The number of nitrogens with zero attached hydrogens (tertiary/aromatic N) is 5. The van der Waals surface area contributed by atoms with Gasteiger partial charge in [0.2, 0.25) is 0 Å². The molecule has 0 unspecified atom stereocenters. The average Bonchev–Trinajstić information content (AvgIpc) is 2.79. The van der Waals surface area contributed by atoms with Gasteiger partial charge in [0.1, 0.15) is 17.8 Å². The molecule has 0 aliphatic carbocycles. The molecule has 2 aromatic heterocycles. The summed E-state index contributed by atoms with van der Waals surface area (Å²) in [5.41, 5.74) is 2.51. The van der Waals surface area contributed by atoms with Crippen LogP contribution in [0.2, 0.25) is 0 Å². The van der Waals surface area contributed by atoms with Crippen LogP contribution in [0.25, 0.3) is 0 Å². The van der Waals surface area contributed by atoms with Gasteiger partial charge in [-0.1, -0.05) is 24.3 Å². The molecule has 4 rings (SSSR count). The Hall–Kier alpha value is -3.48. The van der Waals surface area contributed by atoms with Crippen molar-refractivity contribution in [1.29, 1.82) is 0 Å². The maximum atomic E-state index is 12.8. The summed E-state index contributed by atoms with van der Waals surface area (Å²) >= 11 is 0. The second-order valence-corrected chi connectivity index (χ2v) is 6.58. The number of carbonyl (C=O) groups excluding carboxylic acids is 1. The van der Waals surface area contributed by atoms with E-state index in [2.05, 4.69) is 37.3 Å². The number of hydrogen-bond acceptors (Lipinski definition) is 6. The number of anilines is 2. The normalized spacial score (nSPS) is 14.0. The molecular weight excluding hydrogens is 352 g/mol. The monoisotopic (exact) mass is 374 g/mol. The number of amides is 1. The van der Waals surface area contributed by atoms with Crippen molar-refractivity contribution in [1.82, 2.24) is 19.9 Å². The van der Waals surface area contributed by atoms with Crippen molar-refractivity contribution < 1.29 is 4.79 Å². The first-order chi connectivity index (χ1) is 13.8. The lowest BCUT2D eigenvalue weighted by Gasteiger charge is -2.36. The zero-order valence-electron chi connectivity index (χ0n) is 15.5. The largest absolute Gasteiger partial charge is 0.368 e. The Morgan fingerprint density at radius 3 is 2.46 bits per heavy atom. The van der Waals surface area contributed by atoms with Crippen LogP contribution < -0.4 is 10.2 Å². The average molecular weight is 374 g/mol. The zero-order chi connectivity index (χ0) is 19.2. The van der Waals surface area contributed by atoms with Crippen LogP contribution in [0.5, 0.6) is 0 Å². The molecule has 1 saturated heterocycles. The van der Waals surface area contributed by atoms with Crippen molar-refractivity contribution in [2.24, 2.45) is 0 Å². The molecule has 3 aromatic rings. The zero-order valence-corrected chi connectivity index (χ0v) is 15.5. The van der Waals surface area contributed by atoms with E-state index in [4.69, 9.17) is 0 Å². The van der Waals surface area contributed by atoms with E-state index >= 15 is 0 Å². The van der Waals surface area contributed by atoms with Gasteiger partial charge in [0.25, 0.3) is 5.91 Å². The van der Waals surface area contributed by atoms with E-state index in [1.807, 2.05) is 41.3 Å². The first-order valence-corrected chi connectivity index (χ1v) is 9.35. The second-order valence-electron chi connectivity index (χ2n) is 6.58. The highest BCUT2D eigenvalue weighted by Crippen LogP contribution is 2.17. The fourth-order valence-electron chi connectivity index (χ4n) is 3.22. The van der Waals surface area contributed by atoms with Crippen molar-refractivity contribution in [3.63, 3.8) is 0 Å². The molecule has 142 valence electrons. The molecule has 1 fully saturated rings. The predicted octanol–water partition coefficient (Wildman–Crippen LogP) is 2.45. The fourth-order valence-corrected chi connectivity index (χ4v) is 3.22. The number of nitrogens with one attached hydrogen (secondary N) is 1. The van der Waals surface area contributed by atoms with Gasteiger partial charge in [-0.15, -0.1) is 0 Å². The fraction of sp³-hybridized carbons (Fsp3) is 0.238. The van der Waals surface area contributed by atoms with Crippen LogP contribution in [0, 0.1) is 0 Å². The van der Waals surface area contributed by atoms with Crippen molar-refractivity contribution >= 4 is 17.4 Å². The molecule has 0 saturated carbocycles. The quantitative estimate of drug-likeness (QED) is 0.739. The first kappa shape index (κ1) is 17.9. The lowest BCUT2D eigenvalue weighted by Crippen LogP contribution is -2.49. The molecule has 1 aliphatic rings. The molecular formula is C21H22N6O. The van der Waals surface area contributed by atoms with Crippen molar-refractivity contribution in [2.45, 2.75) is 6.54 Å². The predicted molar refractivity (Wildman–Crippen MR) is 108 cm³/mol. The molecule has 0 spiro atoms. The summed E-state index contributed by atoms with van der Waals surface area (Å²) in [5.74, 6) is 0.558. The third-order valence-electron chi connectivity index (χ3n) is 4.75. The van der Waals surface area contributed by atoms with Crippen LogP contribution in [0.3, 0.4) is 0 Å². The summed E-state index contributed by atoms with van der Waals surface area (Å²) in [6.07, 6.45) is 3.18. The van der Waals surface area contributed by atoms with Gasteiger partial charge < -0.3 is 15.1 Å². The van der Waals surface area contributed by atoms with Crippen LogP contribution in [0.4, 0.5) is 11.5 Å². The number of pyridine rings is 1. The maximum absolute atomic E-state index is 12.8. The summed E-state index contributed by atoms with van der Waals surface area (Å²) in [6, 6.07) is 17.7. The Balaban J connectivity index is 1.36. The molecule has 28 heavy (non-hydrogen) atoms. The van der Waals surface area contributed by atoms with Gasteiger partial charge in [0.15, 0.2) is 0 Å². The van der Waals surface area contributed by atoms with E-state index in [1.54, 1.807) is 12.3 Å². The molecule has 1 N–H and O–H groups in total. The summed E-state index contributed by atoms with van der Waals surface area (Å²) in [7, 11) is 0. The van der Waals surface area contributed by atoms with Gasteiger partial charge in [0, 0.05) is 44.1 Å². The third-order valence-corrected chi connectivity index (χ3v) is 4.75. The van der Waals surface area contributed by atoms with Crippen molar-refractivity contribution in [3.05, 3.63) is 78.5 Å². The van der Waals surface area contributed by atoms with E-state index in [-0.39, 0.29) is 5.91 Å². The van der Waals surface area contributed by atoms with Crippen LogP contribution in [-0.2, 0) is 6.54 Å². The van der Waals surface area contributed by atoms with Crippen LogP contribution >= 0.6 is 0 Å². The SMILES string of the molecule is O=C(c1cc(NCc2ccccn2)ncn1)N1CCN(c2ccccc2)CC1. The molecule has 1 aromatic carbocycles. The lowest BCUT2D eigenvalue weighted by atomic mass is 10.2. The van der Waals surface area contributed by atoms with E-state index in [0.29, 0.717) is 31.1 Å². The molecule has 0 bridgehead atoms. The van der Waals surface area contributed by atoms with Gasteiger partial charge in [-0.05, 0) is 24.3 Å². The summed E-state index contributed by atoms with van der Waals surface area (Å²) in [5, 5.41) is 3.20. The highest BCUT2D eigenvalue weighted by Gasteiger charge is 2.23. The minimum absolute atomic E-state index is 0.0593. The highest BCUT2D eigenvalue weighted by molar-refractivity contribution is 5.93. The number of carbonyl (C=O) groups is 1. The number of piperazine rings is 1. The molecule has 7 heteroatoms. The number of para-hydroxylation sites is 1. The molecule has 0 atom stereocenters. The molecule has 1 aliphatic heterocycles. The first-order valence-electron chi connectivity index (χ1n) is 9.35. The molecule has 7 nitrogen and oxygen atoms in total.